The standard InChI is InChI=1S/C25H22N4O2S/c1-17-12-13-22(31-2)19(14-17)16-32-25-27-26-24-28(15-18-8-4-3-5-9-18)23(30)20-10-6-7-11-21(20)29(24)25/h3-14H,15-16H2,1-2H3. The third-order valence-corrected chi connectivity index (χ3v) is 6.43. The molecule has 0 aliphatic heterocycles. The van der Waals surface area contributed by atoms with Crippen LogP contribution in [-0.2, 0) is 12.3 Å². The number of nitrogens with zero attached hydrogens (tertiary/aromatic N) is 4. The van der Waals surface area contributed by atoms with E-state index < -0.39 is 0 Å². The maximum atomic E-state index is 13.3. The van der Waals surface area contributed by atoms with Crippen LogP contribution in [0.25, 0.3) is 16.7 Å². The van der Waals surface area contributed by atoms with Gasteiger partial charge in [-0.15, -0.1) is 10.2 Å². The molecule has 0 amide bonds. The molecule has 32 heavy (non-hydrogen) atoms. The summed E-state index contributed by atoms with van der Waals surface area (Å²) in [4.78, 5) is 13.3. The van der Waals surface area contributed by atoms with Crippen LogP contribution in [0.4, 0.5) is 0 Å². The van der Waals surface area contributed by atoms with E-state index in [0.29, 0.717) is 23.5 Å². The highest BCUT2D eigenvalue weighted by Gasteiger charge is 2.17. The van der Waals surface area contributed by atoms with Gasteiger partial charge in [0.1, 0.15) is 5.75 Å². The maximum Gasteiger partial charge on any atom is 0.263 e. The SMILES string of the molecule is COc1ccc(C)cc1CSc1nnc2n(Cc3ccccc3)c(=O)c3ccccc3n12. The molecule has 2 heterocycles. The monoisotopic (exact) mass is 442 g/mol. The molecule has 0 radical (unpaired) electrons. The first kappa shape index (κ1) is 20.3. The summed E-state index contributed by atoms with van der Waals surface area (Å²) in [7, 11) is 1.68. The first-order chi connectivity index (χ1) is 15.7. The number of rotatable bonds is 6. The first-order valence-corrected chi connectivity index (χ1v) is 11.3. The minimum Gasteiger partial charge on any atom is -0.496 e. The van der Waals surface area contributed by atoms with E-state index in [9.17, 15) is 4.79 Å². The van der Waals surface area contributed by atoms with Gasteiger partial charge in [-0.1, -0.05) is 71.9 Å². The lowest BCUT2D eigenvalue weighted by molar-refractivity contribution is 0.411. The van der Waals surface area contributed by atoms with E-state index in [-0.39, 0.29) is 5.56 Å². The van der Waals surface area contributed by atoms with Gasteiger partial charge in [0.15, 0.2) is 5.16 Å². The zero-order chi connectivity index (χ0) is 22.1. The van der Waals surface area contributed by atoms with Crippen LogP contribution in [0.5, 0.6) is 5.75 Å². The molecule has 160 valence electrons. The van der Waals surface area contributed by atoms with Crippen LogP contribution >= 0.6 is 11.8 Å². The minimum absolute atomic E-state index is 0.0683. The molecule has 0 aliphatic carbocycles. The molecule has 3 aromatic carbocycles. The molecule has 0 unspecified atom stereocenters. The van der Waals surface area contributed by atoms with Crippen LogP contribution in [0.2, 0.25) is 0 Å². The average molecular weight is 443 g/mol. The highest BCUT2D eigenvalue weighted by Crippen LogP contribution is 2.29. The van der Waals surface area contributed by atoms with Gasteiger partial charge in [-0.05, 0) is 30.7 Å². The molecule has 0 N–H and O–H groups in total. The summed E-state index contributed by atoms with van der Waals surface area (Å²) in [6, 6.07) is 23.7. The third kappa shape index (κ3) is 3.65. The molecule has 0 atom stereocenters. The zero-order valence-electron chi connectivity index (χ0n) is 17.9. The molecular formula is C25H22N4O2S. The Kier molecular flexibility index (Phi) is 5.41. The van der Waals surface area contributed by atoms with Gasteiger partial charge >= 0.3 is 0 Å². The smallest absolute Gasteiger partial charge is 0.263 e. The number of thioether (sulfide) groups is 1. The number of aryl methyl sites for hydroxylation is 1. The normalized spacial score (nSPS) is 11.3. The van der Waals surface area contributed by atoms with Gasteiger partial charge < -0.3 is 4.74 Å². The maximum absolute atomic E-state index is 13.3. The van der Waals surface area contributed by atoms with E-state index in [2.05, 4.69) is 23.2 Å². The summed E-state index contributed by atoms with van der Waals surface area (Å²) in [6.07, 6.45) is 0. The second-order valence-electron chi connectivity index (χ2n) is 7.62. The summed E-state index contributed by atoms with van der Waals surface area (Å²) in [5.74, 6) is 2.07. The molecule has 0 saturated carbocycles. The average Bonchev–Trinajstić information content (AvgIpc) is 3.25. The summed E-state index contributed by atoms with van der Waals surface area (Å²) in [5.41, 5.74) is 4.04. The molecule has 0 fully saturated rings. The van der Waals surface area contributed by atoms with Crippen LogP contribution in [0.15, 0.2) is 82.7 Å². The van der Waals surface area contributed by atoms with Gasteiger partial charge in [0, 0.05) is 11.3 Å². The van der Waals surface area contributed by atoms with Crippen molar-refractivity contribution in [2.24, 2.45) is 0 Å². The minimum atomic E-state index is -0.0683. The lowest BCUT2D eigenvalue weighted by Crippen LogP contribution is -2.24. The van der Waals surface area contributed by atoms with E-state index >= 15 is 0 Å². The van der Waals surface area contributed by atoms with Crippen molar-refractivity contribution < 1.29 is 4.74 Å². The number of fused-ring (bicyclic) bond motifs is 3. The lowest BCUT2D eigenvalue weighted by atomic mass is 10.1. The Balaban J connectivity index is 1.63. The molecular weight excluding hydrogens is 420 g/mol. The number of para-hydroxylation sites is 1. The lowest BCUT2D eigenvalue weighted by Gasteiger charge is -2.12. The Morgan fingerprint density at radius 2 is 1.75 bits per heavy atom. The molecule has 0 saturated heterocycles. The van der Waals surface area contributed by atoms with Gasteiger partial charge in [0.2, 0.25) is 5.78 Å². The summed E-state index contributed by atoms with van der Waals surface area (Å²) in [5, 5.41) is 10.3. The largest absolute Gasteiger partial charge is 0.496 e. The van der Waals surface area contributed by atoms with E-state index in [4.69, 9.17) is 4.74 Å². The Bertz CT molecular complexity index is 1470. The van der Waals surface area contributed by atoms with Crippen molar-refractivity contribution in [3.8, 4) is 5.75 Å². The van der Waals surface area contributed by atoms with Crippen molar-refractivity contribution in [1.29, 1.82) is 0 Å². The van der Waals surface area contributed by atoms with Crippen LogP contribution in [0.3, 0.4) is 0 Å². The van der Waals surface area contributed by atoms with Gasteiger partial charge in [0.25, 0.3) is 5.56 Å². The van der Waals surface area contributed by atoms with Crippen LogP contribution in [-0.4, -0.2) is 26.3 Å². The van der Waals surface area contributed by atoms with Crippen LogP contribution in [0.1, 0.15) is 16.7 Å². The van der Waals surface area contributed by atoms with Gasteiger partial charge in [0.05, 0.1) is 24.6 Å². The van der Waals surface area contributed by atoms with Crippen molar-refractivity contribution in [1.82, 2.24) is 19.2 Å². The number of benzene rings is 3. The predicted molar refractivity (Wildman–Crippen MR) is 128 cm³/mol. The number of ether oxygens (including phenoxy) is 1. The summed E-state index contributed by atoms with van der Waals surface area (Å²) in [6.45, 7) is 2.50. The molecule has 5 rings (SSSR count). The fourth-order valence-corrected chi connectivity index (χ4v) is 4.82. The van der Waals surface area contributed by atoms with Gasteiger partial charge in [-0.2, -0.15) is 0 Å². The topological polar surface area (TPSA) is 61.4 Å². The van der Waals surface area contributed by atoms with Crippen molar-refractivity contribution in [2.45, 2.75) is 24.4 Å². The fourth-order valence-electron chi connectivity index (χ4n) is 3.90. The third-order valence-electron chi connectivity index (χ3n) is 5.45. The number of aromatic nitrogens is 4. The molecule has 0 spiro atoms. The van der Waals surface area contributed by atoms with Crippen molar-refractivity contribution in [2.75, 3.05) is 7.11 Å². The Morgan fingerprint density at radius 3 is 2.56 bits per heavy atom. The predicted octanol–water partition coefficient (Wildman–Crippen LogP) is 4.70. The van der Waals surface area contributed by atoms with Gasteiger partial charge in [-0.3, -0.25) is 13.8 Å². The molecule has 0 aliphatic rings. The zero-order valence-corrected chi connectivity index (χ0v) is 18.7. The van der Waals surface area contributed by atoms with Crippen LogP contribution in [0, 0.1) is 6.92 Å². The fraction of sp³-hybridized carbons (Fsp3) is 0.160. The Morgan fingerprint density at radius 1 is 0.969 bits per heavy atom. The summed E-state index contributed by atoms with van der Waals surface area (Å²) < 4.78 is 9.20. The molecule has 7 heteroatoms. The quantitative estimate of drug-likeness (QED) is 0.357. The van der Waals surface area contributed by atoms with Gasteiger partial charge in [-0.25, -0.2) is 0 Å². The van der Waals surface area contributed by atoms with Crippen molar-refractivity contribution in [3.63, 3.8) is 0 Å². The van der Waals surface area contributed by atoms with Crippen molar-refractivity contribution in [3.05, 3.63) is 99.8 Å². The second-order valence-corrected chi connectivity index (χ2v) is 8.56. The summed E-state index contributed by atoms with van der Waals surface area (Å²) >= 11 is 1.58. The van der Waals surface area contributed by atoms with E-state index in [1.807, 2.05) is 71.1 Å². The first-order valence-electron chi connectivity index (χ1n) is 10.3. The molecule has 6 nitrogen and oxygen atoms in total. The molecule has 0 bridgehead atoms. The van der Waals surface area contributed by atoms with E-state index in [0.717, 1.165) is 27.5 Å². The second kappa shape index (κ2) is 8.51. The Hall–Kier alpha value is -3.58. The van der Waals surface area contributed by atoms with Crippen LogP contribution < -0.4 is 10.3 Å². The number of hydrogen-bond donors (Lipinski definition) is 0. The number of methoxy groups -OCH3 is 1. The highest BCUT2D eigenvalue weighted by atomic mass is 32.2. The van der Waals surface area contributed by atoms with E-state index in [1.165, 1.54) is 5.56 Å². The van der Waals surface area contributed by atoms with E-state index in [1.54, 1.807) is 23.4 Å². The molecule has 5 aromatic rings. The molecule has 2 aromatic heterocycles. The Labute approximate surface area is 189 Å². The van der Waals surface area contributed by atoms with Crippen molar-refractivity contribution >= 4 is 28.4 Å². The highest BCUT2D eigenvalue weighted by molar-refractivity contribution is 7.98. The number of hydrogen-bond acceptors (Lipinski definition) is 5.